The Kier molecular flexibility index (Phi) is 3.67. The molecule has 0 radical (unpaired) electrons. The predicted octanol–water partition coefficient (Wildman–Crippen LogP) is 4.20. The molecule has 0 bridgehead atoms. The van der Waals surface area contributed by atoms with Gasteiger partial charge in [0, 0.05) is 22.2 Å². The molecule has 1 aliphatic carbocycles. The van der Waals surface area contributed by atoms with Crippen LogP contribution in [0.2, 0.25) is 5.02 Å². The summed E-state index contributed by atoms with van der Waals surface area (Å²) in [6.45, 7) is 0. The number of carbonyl (C=O) groups is 2. The molecule has 4 rings (SSSR count). The van der Waals surface area contributed by atoms with Crippen LogP contribution in [0.3, 0.4) is 0 Å². The highest BCUT2D eigenvalue weighted by atomic mass is 35.5. The van der Waals surface area contributed by atoms with Crippen molar-refractivity contribution in [2.24, 2.45) is 0 Å². The minimum atomic E-state index is -0.450. The molecule has 0 atom stereocenters. The zero-order chi connectivity index (χ0) is 18.4. The van der Waals surface area contributed by atoms with E-state index in [4.69, 9.17) is 22.1 Å². The molecule has 3 N–H and O–H groups in total. The van der Waals surface area contributed by atoms with E-state index in [1.54, 1.807) is 48.5 Å². The van der Waals surface area contributed by atoms with Gasteiger partial charge in [-0.3, -0.25) is 9.59 Å². The van der Waals surface area contributed by atoms with Gasteiger partial charge in [-0.2, -0.15) is 0 Å². The van der Waals surface area contributed by atoms with Crippen molar-refractivity contribution in [3.8, 4) is 17.2 Å². The summed E-state index contributed by atoms with van der Waals surface area (Å²) in [5.74, 6) is -0.782. The van der Waals surface area contributed by atoms with Crippen molar-refractivity contribution in [3.05, 3.63) is 81.9 Å². The molecule has 3 aromatic carbocycles. The molecule has 0 spiro atoms. The first-order chi connectivity index (χ1) is 12.5. The molecule has 0 amide bonds. The number of ketones is 2. The van der Waals surface area contributed by atoms with Gasteiger partial charge in [0.1, 0.15) is 11.5 Å². The van der Waals surface area contributed by atoms with Crippen LogP contribution in [0.15, 0.2) is 54.6 Å². The zero-order valence-corrected chi connectivity index (χ0v) is 14.1. The number of hydrogen-bond acceptors (Lipinski definition) is 5. The molecule has 3 aromatic rings. The standard InChI is InChI=1S/C20H12ClNO4/c21-10-4-3-5-11(8-10)26-15-9-14(23)16-17(18(15)22)20(25)13-7-2-1-6-12(13)19(16)24/h1-9,23H,22H2. The molecule has 1 aliphatic rings. The van der Waals surface area contributed by atoms with Crippen LogP contribution in [-0.2, 0) is 0 Å². The van der Waals surface area contributed by atoms with Crippen LogP contribution in [0.1, 0.15) is 31.8 Å². The van der Waals surface area contributed by atoms with Crippen LogP contribution in [0.25, 0.3) is 0 Å². The highest BCUT2D eigenvalue weighted by Gasteiger charge is 2.35. The summed E-state index contributed by atoms with van der Waals surface area (Å²) in [4.78, 5) is 25.6. The lowest BCUT2D eigenvalue weighted by Gasteiger charge is -2.21. The smallest absolute Gasteiger partial charge is 0.198 e. The Morgan fingerprint density at radius 2 is 1.54 bits per heavy atom. The second-order valence-corrected chi connectivity index (χ2v) is 6.26. The van der Waals surface area contributed by atoms with Crippen molar-refractivity contribution < 1.29 is 19.4 Å². The van der Waals surface area contributed by atoms with Gasteiger partial charge in [0.05, 0.1) is 16.8 Å². The number of nitrogen functional groups attached to an aromatic ring is 1. The van der Waals surface area contributed by atoms with Crippen LogP contribution in [-0.4, -0.2) is 16.7 Å². The van der Waals surface area contributed by atoms with Gasteiger partial charge in [-0.05, 0) is 18.2 Å². The predicted molar refractivity (Wildman–Crippen MR) is 97.4 cm³/mol. The third-order valence-corrected chi connectivity index (χ3v) is 4.44. The van der Waals surface area contributed by atoms with Gasteiger partial charge in [0.2, 0.25) is 0 Å². The van der Waals surface area contributed by atoms with Crippen LogP contribution in [0, 0.1) is 0 Å². The first kappa shape index (κ1) is 16.2. The van der Waals surface area contributed by atoms with Crippen LogP contribution < -0.4 is 10.5 Å². The molecule has 0 fully saturated rings. The lowest BCUT2D eigenvalue weighted by Crippen LogP contribution is -2.22. The Morgan fingerprint density at radius 3 is 2.19 bits per heavy atom. The third-order valence-electron chi connectivity index (χ3n) is 4.20. The molecule has 5 nitrogen and oxygen atoms in total. The molecule has 0 saturated heterocycles. The lowest BCUT2D eigenvalue weighted by atomic mass is 9.82. The average molecular weight is 366 g/mol. The summed E-state index contributed by atoms with van der Waals surface area (Å²) in [5, 5.41) is 10.8. The van der Waals surface area contributed by atoms with E-state index in [0.717, 1.165) is 0 Å². The fourth-order valence-electron chi connectivity index (χ4n) is 3.02. The Balaban J connectivity index is 1.88. The molecule has 0 saturated carbocycles. The average Bonchev–Trinajstić information content (AvgIpc) is 2.62. The number of aromatic hydroxyl groups is 1. The maximum absolute atomic E-state index is 12.9. The van der Waals surface area contributed by atoms with Crippen LogP contribution in [0.5, 0.6) is 17.2 Å². The van der Waals surface area contributed by atoms with Crippen LogP contribution in [0.4, 0.5) is 5.69 Å². The molecule has 0 heterocycles. The number of rotatable bonds is 2. The number of benzene rings is 3. The number of halogens is 1. The van der Waals surface area contributed by atoms with Crippen molar-refractivity contribution >= 4 is 28.9 Å². The van der Waals surface area contributed by atoms with Gasteiger partial charge in [0.15, 0.2) is 17.3 Å². The van der Waals surface area contributed by atoms with E-state index in [1.165, 1.54) is 6.07 Å². The minimum Gasteiger partial charge on any atom is -0.507 e. The van der Waals surface area contributed by atoms with E-state index in [0.29, 0.717) is 10.8 Å². The molecular formula is C20H12ClNO4. The van der Waals surface area contributed by atoms with E-state index in [9.17, 15) is 14.7 Å². The largest absolute Gasteiger partial charge is 0.507 e. The third kappa shape index (κ3) is 2.41. The van der Waals surface area contributed by atoms with Crippen molar-refractivity contribution in [1.82, 2.24) is 0 Å². The van der Waals surface area contributed by atoms with Crippen molar-refractivity contribution in [2.45, 2.75) is 0 Å². The van der Waals surface area contributed by atoms with E-state index in [-0.39, 0.29) is 39.4 Å². The highest BCUT2D eigenvalue weighted by molar-refractivity contribution is 6.31. The summed E-state index contributed by atoms with van der Waals surface area (Å²) < 4.78 is 5.68. The number of phenolic OH excluding ortho intramolecular Hbond substituents is 1. The molecule has 26 heavy (non-hydrogen) atoms. The topological polar surface area (TPSA) is 89.6 Å². The van der Waals surface area contributed by atoms with Crippen LogP contribution >= 0.6 is 11.6 Å². The summed E-state index contributed by atoms with van der Waals surface area (Å²) in [6, 6.07) is 14.3. The number of phenols is 1. The Morgan fingerprint density at radius 1 is 0.885 bits per heavy atom. The number of ether oxygens (including phenoxy) is 1. The highest BCUT2D eigenvalue weighted by Crippen LogP contribution is 2.42. The number of anilines is 1. The summed E-state index contributed by atoms with van der Waals surface area (Å²) in [5.41, 5.74) is 6.45. The van der Waals surface area contributed by atoms with Crippen molar-refractivity contribution in [3.63, 3.8) is 0 Å². The second-order valence-electron chi connectivity index (χ2n) is 5.82. The maximum Gasteiger partial charge on any atom is 0.198 e. The molecule has 0 unspecified atom stereocenters. The number of carbonyl (C=O) groups excluding carboxylic acids is 2. The number of hydrogen-bond donors (Lipinski definition) is 2. The molecule has 128 valence electrons. The molecular weight excluding hydrogens is 354 g/mol. The van der Waals surface area contributed by atoms with Crippen molar-refractivity contribution in [1.29, 1.82) is 0 Å². The van der Waals surface area contributed by atoms with Gasteiger partial charge < -0.3 is 15.6 Å². The van der Waals surface area contributed by atoms with E-state index in [1.807, 2.05) is 0 Å². The number of nitrogens with two attached hydrogens (primary N) is 1. The zero-order valence-electron chi connectivity index (χ0n) is 13.3. The first-order valence-electron chi connectivity index (χ1n) is 7.74. The normalized spacial score (nSPS) is 12.5. The second kappa shape index (κ2) is 5.89. The number of fused-ring (bicyclic) bond motifs is 2. The maximum atomic E-state index is 12.9. The van der Waals surface area contributed by atoms with Gasteiger partial charge in [-0.1, -0.05) is 41.9 Å². The SMILES string of the molecule is Nc1c(Oc2cccc(Cl)c2)cc(O)c2c1C(=O)c1ccccc1C2=O. The summed E-state index contributed by atoms with van der Waals surface area (Å²) in [6.07, 6.45) is 0. The Bertz CT molecular complexity index is 1090. The quantitative estimate of drug-likeness (QED) is 0.410. The summed E-state index contributed by atoms with van der Waals surface area (Å²) in [7, 11) is 0. The van der Waals surface area contributed by atoms with Gasteiger partial charge in [-0.25, -0.2) is 0 Å². The van der Waals surface area contributed by atoms with E-state index in [2.05, 4.69) is 0 Å². The van der Waals surface area contributed by atoms with Gasteiger partial charge in [-0.15, -0.1) is 0 Å². The Hall–Kier alpha value is -3.31. The summed E-state index contributed by atoms with van der Waals surface area (Å²) >= 11 is 5.94. The fourth-order valence-corrected chi connectivity index (χ4v) is 3.20. The lowest BCUT2D eigenvalue weighted by molar-refractivity contribution is 0.0977. The monoisotopic (exact) mass is 365 g/mol. The van der Waals surface area contributed by atoms with Gasteiger partial charge >= 0.3 is 0 Å². The van der Waals surface area contributed by atoms with Gasteiger partial charge in [0.25, 0.3) is 0 Å². The Labute approximate surface area is 153 Å². The van der Waals surface area contributed by atoms with E-state index < -0.39 is 11.6 Å². The molecule has 0 aromatic heterocycles. The first-order valence-corrected chi connectivity index (χ1v) is 8.12. The fraction of sp³-hybridized carbons (Fsp3) is 0. The van der Waals surface area contributed by atoms with Crippen molar-refractivity contribution in [2.75, 3.05) is 5.73 Å². The molecule has 0 aliphatic heterocycles. The minimum absolute atomic E-state index is 0.00868. The van der Waals surface area contributed by atoms with E-state index >= 15 is 0 Å². The molecule has 6 heteroatoms.